The van der Waals surface area contributed by atoms with Gasteiger partial charge in [-0.25, -0.2) is 4.98 Å². The van der Waals surface area contributed by atoms with Gasteiger partial charge in [0.05, 0.1) is 16.7 Å². The zero-order chi connectivity index (χ0) is 20.0. The summed E-state index contributed by atoms with van der Waals surface area (Å²) in [5.74, 6) is 0.184. The van der Waals surface area contributed by atoms with Crippen LogP contribution in [-0.4, -0.2) is 27.3 Å². The number of aromatic nitrogens is 2. The first-order valence-corrected chi connectivity index (χ1v) is 10.8. The van der Waals surface area contributed by atoms with Gasteiger partial charge in [0, 0.05) is 17.1 Å². The Morgan fingerprint density at radius 3 is 2.70 bits per heavy atom. The molecule has 0 fully saturated rings. The molecule has 148 valence electrons. The number of rotatable bonds is 9. The van der Waals surface area contributed by atoms with Gasteiger partial charge in [-0.3, -0.25) is 14.2 Å². The van der Waals surface area contributed by atoms with Crippen molar-refractivity contribution in [2.75, 3.05) is 5.75 Å². The second kappa shape index (κ2) is 10.1. The molecule has 0 radical (unpaired) electrons. The Morgan fingerprint density at radius 2 is 2.04 bits per heavy atom. The van der Waals surface area contributed by atoms with Crippen molar-refractivity contribution in [3.63, 3.8) is 0 Å². The fourth-order valence-electron chi connectivity index (χ4n) is 2.93. The van der Waals surface area contributed by atoms with Gasteiger partial charge in [0.25, 0.3) is 5.56 Å². The van der Waals surface area contributed by atoms with Crippen molar-refractivity contribution in [1.29, 1.82) is 0 Å². The minimum absolute atomic E-state index is 0.0419. The zero-order valence-corrected chi connectivity index (χ0v) is 18.0. The van der Waals surface area contributed by atoms with E-state index in [0.29, 0.717) is 21.1 Å². The molecule has 2 rings (SSSR count). The smallest absolute Gasteiger partial charge is 0.262 e. The first-order chi connectivity index (χ1) is 12.8. The summed E-state index contributed by atoms with van der Waals surface area (Å²) in [5, 5.41) is 4.63. The molecule has 0 aliphatic heterocycles. The van der Waals surface area contributed by atoms with E-state index in [1.807, 2.05) is 20.8 Å². The molecule has 1 aromatic heterocycles. The van der Waals surface area contributed by atoms with E-state index < -0.39 is 0 Å². The Hall–Kier alpha value is -1.53. The Bertz CT molecular complexity index is 851. The van der Waals surface area contributed by atoms with Gasteiger partial charge in [0.1, 0.15) is 0 Å². The second-order valence-corrected chi connectivity index (χ2v) is 8.46. The van der Waals surface area contributed by atoms with Crippen LogP contribution in [0.3, 0.4) is 0 Å². The topological polar surface area (TPSA) is 64.0 Å². The number of carbonyl (C=O) groups excluding carboxylic acids is 1. The Balaban J connectivity index is 2.14. The highest BCUT2D eigenvalue weighted by atomic mass is 35.5. The minimum atomic E-state index is -0.109. The van der Waals surface area contributed by atoms with Gasteiger partial charge in [0.15, 0.2) is 5.16 Å². The van der Waals surface area contributed by atoms with Crippen LogP contribution >= 0.6 is 23.4 Å². The maximum atomic E-state index is 12.8. The number of nitrogens with zero attached hydrogens (tertiary/aromatic N) is 2. The first kappa shape index (κ1) is 21.8. The maximum Gasteiger partial charge on any atom is 0.262 e. The number of hydrogen-bond acceptors (Lipinski definition) is 4. The summed E-state index contributed by atoms with van der Waals surface area (Å²) in [6.07, 6.45) is 4.44. The minimum Gasteiger partial charge on any atom is -0.353 e. The number of halogens is 1. The number of unbranched alkanes of at least 4 members (excludes halogenated alkanes) is 2. The van der Waals surface area contributed by atoms with E-state index in [4.69, 9.17) is 11.6 Å². The van der Waals surface area contributed by atoms with E-state index >= 15 is 0 Å². The highest BCUT2D eigenvalue weighted by molar-refractivity contribution is 7.99. The van der Waals surface area contributed by atoms with Crippen LogP contribution in [0, 0.1) is 0 Å². The maximum absolute atomic E-state index is 12.8. The van der Waals surface area contributed by atoms with Crippen molar-refractivity contribution in [3.05, 3.63) is 33.6 Å². The summed E-state index contributed by atoms with van der Waals surface area (Å²) in [4.78, 5) is 29.7. The Labute approximate surface area is 169 Å². The number of thioether (sulfide) groups is 1. The van der Waals surface area contributed by atoms with Crippen molar-refractivity contribution in [1.82, 2.24) is 14.9 Å². The molecule has 0 saturated heterocycles. The summed E-state index contributed by atoms with van der Waals surface area (Å²) in [6.45, 7) is 8.06. The molecule has 0 aliphatic carbocycles. The van der Waals surface area contributed by atoms with Crippen molar-refractivity contribution >= 4 is 40.2 Å². The van der Waals surface area contributed by atoms with Crippen LogP contribution in [0.15, 0.2) is 28.2 Å². The number of hydrogen-bond donors (Lipinski definition) is 1. The van der Waals surface area contributed by atoms with Gasteiger partial charge < -0.3 is 5.32 Å². The fraction of sp³-hybridized carbons (Fsp3) is 0.550. The summed E-state index contributed by atoms with van der Waals surface area (Å²) in [6, 6.07) is 5.18. The third-order valence-corrected chi connectivity index (χ3v) is 5.52. The number of amides is 1. The third kappa shape index (κ3) is 5.98. The van der Waals surface area contributed by atoms with Crippen molar-refractivity contribution < 1.29 is 4.79 Å². The average molecular weight is 410 g/mol. The second-order valence-electron chi connectivity index (χ2n) is 7.08. The third-order valence-electron chi connectivity index (χ3n) is 4.33. The molecule has 0 spiro atoms. The Kier molecular flexibility index (Phi) is 8.17. The fourth-order valence-corrected chi connectivity index (χ4v) is 4.03. The number of carbonyl (C=O) groups is 1. The molecule has 7 heteroatoms. The lowest BCUT2D eigenvalue weighted by atomic mass is 10.1. The van der Waals surface area contributed by atoms with E-state index in [1.165, 1.54) is 24.6 Å². The molecular formula is C20H28ClN3O2S. The van der Waals surface area contributed by atoms with E-state index in [1.54, 1.807) is 22.8 Å². The Morgan fingerprint density at radius 1 is 1.30 bits per heavy atom. The predicted octanol–water partition coefficient (Wildman–Crippen LogP) is 4.81. The van der Waals surface area contributed by atoms with Crippen LogP contribution in [0.25, 0.3) is 10.9 Å². The lowest BCUT2D eigenvalue weighted by Crippen LogP contribution is -2.34. The van der Waals surface area contributed by atoms with Crippen LogP contribution in [0.5, 0.6) is 0 Å². The molecule has 2 aromatic rings. The molecule has 0 bridgehead atoms. The van der Waals surface area contributed by atoms with E-state index in [0.717, 1.165) is 12.8 Å². The zero-order valence-electron chi connectivity index (χ0n) is 16.4. The standard InChI is InChI=1S/C20H28ClN3O2S/c1-5-6-7-8-14(4)22-18(25)12-27-20-23-17-11-15(21)9-10-16(17)19(26)24(20)13(2)3/h9-11,13-14H,5-8,12H2,1-4H3,(H,22,25)/t14-/m1/s1. The van der Waals surface area contributed by atoms with Crippen LogP contribution in [0.4, 0.5) is 0 Å². The summed E-state index contributed by atoms with van der Waals surface area (Å²) in [5.41, 5.74) is 0.447. The van der Waals surface area contributed by atoms with Crippen LogP contribution in [0.2, 0.25) is 5.02 Å². The quantitative estimate of drug-likeness (QED) is 0.366. The molecule has 0 aliphatic rings. The first-order valence-electron chi connectivity index (χ1n) is 9.47. The number of fused-ring (bicyclic) bond motifs is 1. The molecule has 1 aromatic carbocycles. The van der Waals surface area contributed by atoms with Crippen LogP contribution < -0.4 is 10.9 Å². The summed E-state index contributed by atoms with van der Waals surface area (Å²) in [7, 11) is 0. The molecule has 0 unspecified atom stereocenters. The SMILES string of the molecule is CCCCC[C@@H](C)NC(=O)CSc1nc2cc(Cl)ccc2c(=O)n1C(C)C. The van der Waals surface area contributed by atoms with Crippen molar-refractivity contribution in [2.45, 2.75) is 70.6 Å². The molecule has 1 N–H and O–H groups in total. The number of nitrogens with one attached hydrogen (secondary N) is 1. The lowest BCUT2D eigenvalue weighted by molar-refractivity contribution is -0.119. The van der Waals surface area contributed by atoms with Gasteiger partial charge in [0.2, 0.25) is 5.91 Å². The molecular weight excluding hydrogens is 382 g/mol. The van der Waals surface area contributed by atoms with Gasteiger partial charge in [-0.15, -0.1) is 0 Å². The molecule has 1 atom stereocenters. The monoisotopic (exact) mass is 409 g/mol. The molecule has 1 amide bonds. The largest absolute Gasteiger partial charge is 0.353 e. The van der Waals surface area contributed by atoms with Crippen molar-refractivity contribution in [3.8, 4) is 0 Å². The predicted molar refractivity (Wildman–Crippen MR) is 114 cm³/mol. The molecule has 0 saturated carbocycles. The van der Waals surface area contributed by atoms with Crippen LogP contribution in [0.1, 0.15) is 59.4 Å². The lowest BCUT2D eigenvalue weighted by Gasteiger charge is -2.17. The molecule has 27 heavy (non-hydrogen) atoms. The average Bonchev–Trinajstić information content (AvgIpc) is 2.59. The molecule has 5 nitrogen and oxygen atoms in total. The van der Waals surface area contributed by atoms with Gasteiger partial charge in [-0.05, 0) is 45.4 Å². The van der Waals surface area contributed by atoms with Gasteiger partial charge >= 0.3 is 0 Å². The van der Waals surface area contributed by atoms with Crippen molar-refractivity contribution in [2.24, 2.45) is 0 Å². The van der Waals surface area contributed by atoms with Gasteiger partial charge in [-0.1, -0.05) is 49.5 Å². The highest BCUT2D eigenvalue weighted by Gasteiger charge is 2.16. The highest BCUT2D eigenvalue weighted by Crippen LogP contribution is 2.22. The number of benzene rings is 1. The van der Waals surface area contributed by atoms with E-state index in [2.05, 4.69) is 17.2 Å². The summed E-state index contributed by atoms with van der Waals surface area (Å²) < 4.78 is 1.64. The normalized spacial score (nSPS) is 12.5. The van der Waals surface area contributed by atoms with E-state index in [9.17, 15) is 9.59 Å². The van der Waals surface area contributed by atoms with Crippen LogP contribution in [-0.2, 0) is 4.79 Å². The summed E-state index contributed by atoms with van der Waals surface area (Å²) >= 11 is 7.33. The van der Waals surface area contributed by atoms with E-state index in [-0.39, 0.29) is 29.3 Å². The molecule has 1 heterocycles. The van der Waals surface area contributed by atoms with Gasteiger partial charge in [-0.2, -0.15) is 0 Å².